The molecule has 1 unspecified atom stereocenters. The van der Waals surface area contributed by atoms with E-state index in [1.807, 2.05) is 19.1 Å². The van der Waals surface area contributed by atoms with Crippen LogP contribution in [0.5, 0.6) is 0 Å². The third-order valence-corrected chi connectivity index (χ3v) is 3.18. The zero-order chi connectivity index (χ0) is 15.4. The molecule has 0 aliphatic heterocycles. The van der Waals surface area contributed by atoms with E-state index in [9.17, 15) is 10.1 Å². The molecule has 1 aromatic heterocycles. The summed E-state index contributed by atoms with van der Waals surface area (Å²) in [6, 6.07) is 10.6. The highest BCUT2D eigenvalue weighted by atomic mass is 16.6. The van der Waals surface area contributed by atoms with Crippen LogP contribution in [0.3, 0.4) is 0 Å². The van der Waals surface area contributed by atoms with Crippen LogP contribution >= 0.6 is 0 Å². The van der Waals surface area contributed by atoms with Gasteiger partial charge in [0.05, 0.1) is 22.6 Å². The van der Waals surface area contributed by atoms with Crippen LogP contribution in [0, 0.1) is 28.4 Å². The Morgan fingerprint density at radius 2 is 2.05 bits per heavy atom. The molecule has 1 N–H and O–H groups in total. The molecule has 1 heterocycles. The number of aryl methyl sites for hydroxylation is 1. The Balaban J connectivity index is 2.19. The molecule has 0 bridgehead atoms. The maximum Gasteiger partial charge on any atom is 0.277 e. The molecule has 106 valence electrons. The van der Waals surface area contributed by atoms with Gasteiger partial charge in [0, 0.05) is 17.8 Å². The molecule has 6 heteroatoms. The number of nitriles is 1. The average Bonchev–Trinajstić information content (AvgIpc) is 2.49. The Morgan fingerprint density at radius 1 is 1.38 bits per heavy atom. The van der Waals surface area contributed by atoms with Gasteiger partial charge in [-0.2, -0.15) is 5.26 Å². The zero-order valence-corrected chi connectivity index (χ0v) is 11.7. The summed E-state index contributed by atoms with van der Waals surface area (Å²) >= 11 is 0. The van der Waals surface area contributed by atoms with E-state index in [2.05, 4.69) is 16.4 Å². The number of benzene rings is 1. The second-order valence-electron chi connectivity index (χ2n) is 4.71. The Labute approximate surface area is 122 Å². The highest BCUT2D eigenvalue weighted by molar-refractivity contribution is 5.50. The molecule has 0 fully saturated rings. The van der Waals surface area contributed by atoms with Gasteiger partial charge >= 0.3 is 0 Å². The molecule has 0 amide bonds. The molecule has 0 spiro atoms. The number of nitrogens with one attached hydrogen (secondary N) is 1. The Hall–Kier alpha value is -2.94. The van der Waals surface area contributed by atoms with Crippen molar-refractivity contribution < 1.29 is 4.92 Å². The molecule has 0 saturated heterocycles. The van der Waals surface area contributed by atoms with Crippen LogP contribution in [0.15, 0.2) is 36.5 Å². The van der Waals surface area contributed by atoms with E-state index < -0.39 is 4.92 Å². The van der Waals surface area contributed by atoms with Crippen molar-refractivity contribution >= 4 is 11.5 Å². The number of hydrogen-bond acceptors (Lipinski definition) is 5. The van der Waals surface area contributed by atoms with Gasteiger partial charge in [0.2, 0.25) is 0 Å². The van der Waals surface area contributed by atoms with Gasteiger partial charge in [0.15, 0.2) is 0 Å². The summed E-state index contributed by atoms with van der Waals surface area (Å²) in [6.45, 7) is 3.58. The summed E-state index contributed by atoms with van der Waals surface area (Å²) in [7, 11) is 0. The first-order valence-electron chi connectivity index (χ1n) is 6.39. The SMILES string of the molecule is Cc1cnc(NC(C)c2ccc(C#N)cc2)cc1[N+](=O)[O-]. The standard InChI is InChI=1S/C15H14N4O2/c1-10-9-17-15(7-14(10)19(20)21)18-11(2)13-5-3-12(8-16)4-6-13/h3-7,9,11H,1-2H3,(H,17,18). The van der Waals surface area contributed by atoms with Crippen LogP contribution in [-0.4, -0.2) is 9.91 Å². The van der Waals surface area contributed by atoms with Crippen molar-refractivity contribution in [3.63, 3.8) is 0 Å². The van der Waals surface area contributed by atoms with Crippen molar-refractivity contribution in [3.05, 3.63) is 63.3 Å². The lowest BCUT2D eigenvalue weighted by Gasteiger charge is -2.15. The highest BCUT2D eigenvalue weighted by Crippen LogP contribution is 2.23. The molecular formula is C15H14N4O2. The smallest absolute Gasteiger partial charge is 0.277 e. The van der Waals surface area contributed by atoms with Gasteiger partial charge in [-0.3, -0.25) is 10.1 Å². The quantitative estimate of drug-likeness (QED) is 0.685. The molecule has 1 aromatic carbocycles. The van der Waals surface area contributed by atoms with E-state index >= 15 is 0 Å². The maximum atomic E-state index is 10.9. The molecule has 1 atom stereocenters. The fourth-order valence-electron chi connectivity index (χ4n) is 1.94. The van der Waals surface area contributed by atoms with E-state index in [1.165, 1.54) is 12.3 Å². The molecule has 2 aromatic rings. The minimum absolute atomic E-state index is 0.0412. The van der Waals surface area contributed by atoms with Crippen molar-refractivity contribution in [2.75, 3.05) is 5.32 Å². The molecule has 2 rings (SSSR count). The lowest BCUT2D eigenvalue weighted by molar-refractivity contribution is -0.385. The number of hydrogen-bond donors (Lipinski definition) is 1. The largest absolute Gasteiger partial charge is 0.363 e. The molecular weight excluding hydrogens is 268 g/mol. The minimum atomic E-state index is -0.422. The van der Waals surface area contributed by atoms with Gasteiger partial charge in [-0.15, -0.1) is 0 Å². The van der Waals surface area contributed by atoms with E-state index in [4.69, 9.17) is 5.26 Å². The van der Waals surface area contributed by atoms with Crippen LogP contribution in [0.2, 0.25) is 0 Å². The van der Waals surface area contributed by atoms with E-state index in [0.717, 1.165) is 5.56 Å². The second kappa shape index (κ2) is 6.01. The summed E-state index contributed by atoms with van der Waals surface area (Å²) < 4.78 is 0. The van der Waals surface area contributed by atoms with Crippen LogP contribution < -0.4 is 5.32 Å². The molecule has 21 heavy (non-hydrogen) atoms. The van der Waals surface area contributed by atoms with Crippen molar-refractivity contribution in [2.45, 2.75) is 19.9 Å². The topological polar surface area (TPSA) is 91.8 Å². The third-order valence-electron chi connectivity index (χ3n) is 3.18. The van der Waals surface area contributed by atoms with Gasteiger partial charge in [-0.1, -0.05) is 12.1 Å². The summed E-state index contributed by atoms with van der Waals surface area (Å²) in [5, 5.41) is 22.8. The summed E-state index contributed by atoms with van der Waals surface area (Å²) in [5.74, 6) is 0.448. The Kier molecular flexibility index (Phi) is 4.14. The monoisotopic (exact) mass is 282 g/mol. The number of pyridine rings is 1. The third kappa shape index (κ3) is 3.34. The number of rotatable bonds is 4. The van der Waals surface area contributed by atoms with Gasteiger partial charge in [-0.05, 0) is 31.5 Å². The first kappa shape index (κ1) is 14.5. The number of nitrogens with zero attached hydrogens (tertiary/aromatic N) is 3. The molecule has 0 aliphatic rings. The van der Waals surface area contributed by atoms with Crippen LogP contribution in [0.1, 0.15) is 29.7 Å². The van der Waals surface area contributed by atoms with Crippen LogP contribution in [-0.2, 0) is 0 Å². The number of anilines is 1. The Bertz CT molecular complexity index is 705. The summed E-state index contributed by atoms with van der Waals surface area (Å²) in [5.41, 5.74) is 2.13. The second-order valence-corrected chi connectivity index (χ2v) is 4.71. The van der Waals surface area contributed by atoms with Gasteiger partial charge < -0.3 is 5.32 Å². The number of aromatic nitrogens is 1. The lowest BCUT2D eigenvalue weighted by atomic mass is 10.1. The van der Waals surface area contributed by atoms with Gasteiger partial charge in [0.25, 0.3) is 5.69 Å². The van der Waals surface area contributed by atoms with E-state index in [0.29, 0.717) is 16.9 Å². The zero-order valence-electron chi connectivity index (χ0n) is 11.7. The molecule has 0 saturated carbocycles. The van der Waals surface area contributed by atoms with Gasteiger partial charge in [0.1, 0.15) is 5.82 Å². The van der Waals surface area contributed by atoms with E-state index in [-0.39, 0.29) is 11.7 Å². The van der Waals surface area contributed by atoms with Crippen molar-refractivity contribution in [1.29, 1.82) is 5.26 Å². The van der Waals surface area contributed by atoms with Crippen molar-refractivity contribution in [3.8, 4) is 6.07 Å². The minimum Gasteiger partial charge on any atom is -0.363 e. The first-order valence-corrected chi connectivity index (χ1v) is 6.39. The fraction of sp³-hybridized carbons (Fsp3) is 0.200. The van der Waals surface area contributed by atoms with Crippen LogP contribution in [0.4, 0.5) is 11.5 Å². The predicted octanol–water partition coefficient (Wildman–Crippen LogP) is 3.34. The van der Waals surface area contributed by atoms with Crippen LogP contribution in [0.25, 0.3) is 0 Å². The summed E-state index contributed by atoms with van der Waals surface area (Å²) in [4.78, 5) is 14.7. The Morgan fingerprint density at radius 3 is 2.62 bits per heavy atom. The van der Waals surface area contributed by atoms with Gasteiger partial charge in [-0.25, -0.2) is 4.98 Å². The summed E-state index contributed by atoms with van der Waals surface area (Å²) in [6.07, 6.45) is 1.48. The van der Waals surface area contributed by atoms with E-state index in [1.54, 1.807) is 19.1 Å². The van der Waals surface area contributed by atoms with Crippen molar-refractivity contribution in [1.82, 2.24) is 4.98 Å². The van der Waals surface area contributed by atoms with Crippen molar-refractivity contribution in [2.24, 2.45) is 0 Å². The lowest BCUT2D eigenvalue weighted by Crippen LogP contribution is -2.08. The predicted molar refractivity (Wildman–Crippen MR) is 78.8 cm³/mol. The first-order chi connectivity index (χ1) is 10.0. The highest BCUT2D eigenvalue weighted by Gasteiger charge is 2.13. The molecule has 6 nitrogen and oxygen atoms in total. The molecule has 0 aliphatic carbocycles. The number of nitro groups is 1. The maximum absolute atomic E-state index is 10.9. The normalized spacial score (nSPS) is 11.5. The average molecular weight is 282 g/mol. The fourth-order valence-corrected chi connectivity index (χ4v) is 1.94. The molecule has 0 radical (unpaired) electrons.